The van der Waals surface area contributed by atoms with Crippen LogP contribution in [0.2, 0.25) is 0 Å². The second kappa shape index (κ2) is 5.84. The Morgan fingerprint density at radius 1 is 1.32 bits per heavy atom. The van der Waals surface area contributed by atoms with Gasteiger partial charge in [0.25, 0.3) is 0 Å². The van der Waals surface area contributed by atoms with Crippen LogP contribution in [0.3, 0.4) is 0 Å². The summed E-state index contributed by atoms with van der Waals surface area (Å²) >= 11 is 0. The Bertz CT molecular complexity index is 549. The van der Waals surface area contributed by atoms with E-state index in [0.717, 1.165) is 23.4 Å². The van der Waals surface area contributed by atoms with Crippen molar-refractivity contribution in [1.82, 2.24) is 9.78 Å². The first-order valence-electron chi connectivity index (χ1n) is 6.22. The average Bonchev–Trinajstić information content (AvgIpc) is 2.78. The van der Waals surface area contributed by atoms with E-state index in [2.05, 4.69) is 5.10 Å². The number of aromatic nitrogens is 2. The van der Waals surface area contributed by atoms with Gasteiger partial charge in [-0.2, -0.15) is 5.10 Å². The number of rotatable bonds is 5. The first-order chi connectivity index (χ1) is 9.21. The first kappa shape index (κ1) is 13.5. The minimum absolute atomic E-state index is 0.0401. The van der Waals surface area contributed by atoms with Crippen molar-refractivity contribution in [3.05, 3.63) is 41.3 Å². The van der Waals surface area contributed by atoms with E-state index in [1.165, 1.54) is 12.1 Å². The molecule has 0 saturated heterocycles. The Labute approximate surface area is 111 Å². The molecular formula is C14H17FN2O2. The van der Waals surface area contributed by atoms with Crippen LogP contribution in [0.5, 0.6) is 5.88 Å². The maximum Gasteiger partial charge on any atom is 0.220 e. The normalized spacial score (nSPS) is 10.7. The van der Waals surface area contributed by atoms with Gasteiger partial charge in [0.2, 0.25) is 5.88 Å². The molecule has 1 N–H and O–H groups in total. The standard InChI is InChI=1S/C14H17FN2O2/c1-3-13-12(8-9-18)14(19-2)17(16-13)11-6-4-10(15)5-7-11/h4-7,18H,3,8-9H2,1-2H3. The molecule has 0 aliphatic carbocycles. The van der Waals surface area contributed by atoms with Crippen molar-refractivity contribution in [1.29, 1.82) is 0 Å². The maximum atomic E-state index is 13.0. The lowest BCUT2D eigenvalue weighted by molar-refractivity contribution is 0.295. The lowest BCUT2D eigenvalue weighted by atomic mass is 10.1. The molecular weight excluding hydrogens is 247 g/mol. The molecule has 5 heteroatoms. The topological polar surface area (TPSA) is 47.3 Å². The van der Waals surface area contributed by atoms with Gasteiger partial charge >= 0.3 is 0 Å². The zero-order valence-corrected chi connectivity index (χ0v) is 11.1. The summed E-state index contributed by atoms with van der Waals surface area (Å²) in [5.41, 5.74) is 2.52. The second-order valence-electron chi connectivity index (χ2n) is 4.15. The fourth-order valence-corrected chi connectivity index (χ4v) is 2.09. The zero-order chi connectivity index (χ0) is 13.8. The van der Waals surface area contributed by atoms with E-state index in [0.29, 0.717) is 12.3 Å². The van der Waals surface area contributed by atoms with Gasteiger partial charge in [0.15, 0.2) is 0 Å². The number of nitrogens with zero attached hydrogens (tertiary/aromatic N) is 2. The van der Waals surface area contributed by atoms with Crippen LogP contribution in [-0.2, 0) is 12.8 Å². The van der Waals surface area contributed by atoms with Gasteiger partial charge in [0.1, 0.15) is 5.82 Å². The van der Waals surface area contributed by atoms with E-state index in [4.69, 9.17) is 9.84 Å². The molecule has 4 nitrogen and oxygen atoms in total. The number of aliphatic hydroxyl groups is 1. The van der Waals surface area contributed by atoms with Crippen LogP contribution >= 0.6 is 0 Å². The number of aryl methyl sites for hydroxylation is 1. The predicted octanol–water partition coefficient (Wildman–Crippen LogP) is 2.12. The number of aliphatic hydroxyl groups excluding tert-OH is 1. The highest BCUT2D eigenvalue weighted by Gasteiger charge is 2.18. The van der Waals surface area contributed by atoms with Crippen LogP contribution in [0.1, 0.15) is 18.2 Å². The predicted molar refractivity (Wildman–Crippen MR) is 70.2 cm³/mol. The van der Waals surface area contributed by atoms with E-state index in [1.807, 2.05) is 6.92 Å². The largest absolute Gasteiger partial charge is 0.481 e. The quantitative estimate of drug-likeness (QED) is 0.899. The lowest BCUT2D eigenvalue weighted by Crippen LogP contribution is -2.01. The van der Waals surface area contributed by atoms with Crippen molar-refractivity contribution >= 4 is 0 Å². The highest BCUT2D eigenvalue weighted by molar-refractivity contribution is 5.41. The van der Waals surface area contributed by atoms with E-state index in [1.54, 1.807) is 23.9 Å². The highest BCUT2D eigenvalue weighted by Crippen LogP contribution is 2.27. The molecule has 19 heavy (non-hydrogen) atoms. The summed E-state index contributed by atoms with van der Waals surface area (Å²) in [6, 6.07) is 6.06. The minimum atomic E-state index is -0.291. The maximum absolute atomic E-state index is 13.0. The average molecular weight is 264 g/mol. The van der Waals surface area contributed by atoms with Gasteiger partial charge in [-0.05, 0) is 30.7 Å². The molecule has 0 spiro atoms. The van der Waals surface area contributed by atoms with E-state index in [-0.39, 0.29) is 12.4 Å². The third kappa shape index (κ3) is 2.61. The van der Waals surface area contributed by atoms with Crippen molar-refractivity contribution in [3.8, 4) is 11.6 Å². The van der Waals surface area contributed by atoms with Crippen LogP contribution in [0, 0.1) is 5.82 Å². The van der Waals surface area contributed by atoms with Gasteiger partial charge in [-0.3, -0.25) is 0 Å². The number of hydrogen-bond donors (Lipinski definition) is 1. The van der Waals surface area contributed by atoms with Gasteiger partial charge in [0, 0.05) is 18.6 Å². The van der Waals surface area contributed by atoms with Crippen molar-refractivity contribution in [3.63, 3.8) is 0 Å². The molecule has 0 atom stereocenters. The summed E-state index contributed by atoms with van der Waals surface area (Å²) < 4.78 is 20.0. The fourth-order valence-electron chi connectivity index (χ4n) is 2.09. The smallest absolute Gasteiger partial charge is 0.220 e. The second-order valence-corrected chi connectivity index (χ2v) is 4.15. The zero-order valence-electron chi connectivity index (χ0n) is 11.1. The van der Waals surface area contributed by atoms with E-state index in [9.17, 15) is 4.39 Å². The molecule has 0 aliphatic heterocycles. The lowest BCUT2D eigenvalue weighted by Gasteiger charge is -2.07. The molecule has 1 heterocycles. The number of ether oxygens (including phenoxy) is 1. The van der Waals surface area contributed by atoms with Gasteiger partial charge < -0.3 is 9.84 Å². The molecule has 0 unspecified atom stereocenters. The molecule has 0 amide bonds. The number of halogens is 1. The van der Waals surface area contributed by atoms with Crippen LogP contribution in [0.25, 0.3) is 5.69 Å². The SMILES string of the molecule is CCc1nn(-c2ccc(F)cc2)c(OC)c1CCO. The highest BCUT2D eigenvalue weighted by atomic mass is 19.1. The molecule has 0 aliphatic rings. The fraction of sp³-hybridized carbons (Fsp3) is 0.357. The third-order valence-corrected chi connectivity index (χ3v) is 2.98. The molecule has 102 valence electrons. The number of methoxy groups -OCH3 is 1. The molecule has 0 radical (unpaired) electrons. The Morgan fingerprint density at radius 3 is 2.53 bits per heavy atom. The van der Waals surface area contributed by atoms with Crippen molar-refractivity contribution in [2.75, 3.05) is 13.7 Å². The van der Waals surface area contributed by atoms with Crippen molar-refractivity contribution in [2.24, 2.45) is 0 Å². The summed E-state index contributed by atoms with van der Waals surface area (Å²) in [6.07, 6.45) is 1.24. The summed E-state index contributed by atoms with van der Waals surface area (Å²) in [6.45, 7) is 2.04. The summed E-state index contributed by atoms with van der Waals surface area (Å²) in [5, 5.41) is 13.6. The van der Waals surface area contributed by atoms with Crippen LogP contribution < -0.4 is 4.74 Å². The Morgan fingerprint density at radius 2 is 2.00 bits per heavy atom. The van der Waals surface area contributed by atoms with Crippen LogP contribution in [0.15, 0.2) is 24.3 Å². The van der Waals surface area contributed by atoms with Gasteiger partial charge in [-0.1, -0.05) is 6.92 Å². The number of benzene rings is 1. The molecule has 0 bridgehead atoms. The van der Waals surface area contributed by atoms with Crippen molar-refractivity contribution in [2.45, 2.75) is 19.8 Å². The van der Waals surface area contributed by atoms with Gasteiger partial charge in [0.05, 0.1) is 18.5 Å². The molecule has 2 rings (SSSR count). The summed E-state index contributed by atoms with van der Waals surface area (Å²) in [4.78, 5) is 0. The third-order valence-electron chi connectivity index (χ3n) is 2.98. The van der Waals surface area contributed by atoms with Gasteiger partial charge in [-0.15, -0.1) is 0 Å². The Balaban J connectivity index is 2.53. The Hall–Kier alpha value is -1.88. The molecule has 0 saturated carbocycles. The van der Waals surface area contributed by atoms with E-state index >= 15 is 0 Å². The van der Waals surface area contributed by atoms with Gasteiger partial charge in [-0.25, -0.2) is 9.07 Å². The van der Waals surface area contributed by atoms with Crippen LogP contribution in [0.4, 0.5) is 4.39 Å². The van der Waals surface area contributed by atoms with Crippen LogP contribution in [-0.4, -0.2) is 28.6 Å². The Kier molecular flexibility index (Phi) is 4.16. The summed E-state index contributed by atoms with van der Waals surface area (Å²) in [7, 11) is 1.57. The minimum Gasteiger partial charge on any atom is -0.481 e. The molecule has 2 aromatic rings. The monoisotopic (exact) mass is 264 g/mol. The number of hydrogen-bond acceptors (Lipinski definition) is 3. The first-order valence-corrected chi connectivity index (χ1v) is 6.22. The molecule has 1 aromatic heterocycles. The molecule has 0 fully saturated rings. The van der Waals surface area contributed by atoms with Crippen molar-refractivity contribution < 1.29 is 14.2 Å². The summed E-state index contributed by atoms with van der Waals surface area (Å²) in [5.74, 6) is 0.304. The van der Waals surface area contributed by atoms with E-state index < -0.39 is 0 Å². The molecule has 1 aromatic carbocycles.